The maximum Gasteiger partial charge on any atom is 0.0761 e. The van der Waals surface area contributed by atoms with Crippen LogP contribution in [-0.4, -0.2) is 48.0 Å². The Morgan fingerprint density at radius 3 is 2.65 bits per heavy atom. The summed E-state index contributed by atoms with van der Waals surface area (Å²) in [4.78, 5) is 2.39. The van der Waals surface area contributed by atoms with Crippen molar-refractivity contribution >= 4 is 0 Å². The quantitative estimate of drug-likeness (QED) is 0.897. The van der Waals surface area contributed by atoms with E-state index >= 15 is 0 Å². The molecule has 1 aliphatic heterocycles. The highest BCUT2D eigenvalue weighted by molar-refractivity contribution is 5.23. The Labute approximate surface area is 122 Å². The molecule has 0 spiro atoms. The Kier molecular flexibility index (Phi) is 5.19. The van der Waals surface area contributed by atoms with Gasteiger partial charge in [0, 0.05) is 25.0 Å². The van der Waals surface area contributed by atoms with Gasteiger partial charge in [-0.25, -0.2) is 0 Å². The molecule has 0 radical (unpaired) electrons. The number of benzene rings is 1. The van der Waals surface area contributed by atoms with E-state index in [2.05, 4.69) is 49.9 Å². The van der Waals surface area contributed by atoms with Crippen molar-refractivity contribution in [1.29, 1.82) is 0 Å². The average Bonchev–Trinajstić information content (AvgIpc) is 2.47. The molecule has 2 atom stereocenters. The highest BCUT2D eigenvalue weighted by atomic mass is 16.5. The van der Waals surface area contributed by atoms with E-state index in [1.807, 2.05) is 0 Å². The molecule has 0 amide bonds. The van der Waals surface area contributed by atoms with Gasteiger partial charge >= 0.3 is 0 Å². The molecule has 3 heteroatoms. The SMILES string of the molecule is CCC(C)(C(O)Cc1cccc(C)c1)N1CCOCC1. The minimum absolute atomic E-state index is 0.173. The Morgan fingerprint density at radius 1 is 1.35 bits per heavy atom. The Balaban J connectivity index is 2.09. The summed E-state index contributed by atoms with van der Waals surface area (Å²) in [6.45, 7) is 9.80. The van der Waals surface area contributed by atoms with Gasteiger partial charge in [0.1, 0.15) is 0 Å². The monoisotopic (exact) mass is 277 g/mol. The maximum absolute atomic E-state index is 10.8. The van der Waals surface area contributed by atoms with Crippen LogP contribution in [0, 0.1) is 6.92 Å². The minimum Gasteiger partial charge on any atom is -0.391 e. The van der Waals surface area contributed by atoms with Crippen LogP contribution in [0.1, 0.15) is 31.4 Å². The van der Waals surface area contributed by atoms with Crippen molar-refractivity contribution in [2.75, 3.05) is 26.3 Å². The first-order valence-electron chi connectivity index (χ1n) is 7.62. The topological polar surface area (TPSA) is 32.7 Å². The third-order valence-electron chi connectivity index (χ3n) is 4.68. The van der Waals surface area contributed by atoms with Crippen molar-refractivity contribution in [2.45, 2.75) is 45.3 Å². The Morgan fingerprint density at radius 2 is 2.05 bits per heavy atom. The number of rotatable bonds is 5. The molecule has 0 aliphatic carbocycles. The van der Waals surface area contributed by atoms with Crippen molar-refractivity contribution in [1.82, 2.24) is 4.90 Å². The number of morpholine rings is 1. The second-order valence-electron chi connectivity index (χ2n) is 6.02. The van der Waals surface area contributed by atoms with Crippen molar-refractivity contribution < 1.29 is 9.84 Å². The predicted octanol–water partition coefficient (Wildman–Crippen LogP) is 2.40. The highest BCUT2D eigenvalue weighted by Gasteiger charge is 2.37. The normalized spacial score (nSPS) is 21.4. The summed E-state index contributed by atoms with van der Waals surface area (Å²) in [7, 11) is 0. The standard InChI is InChI=1S/C17H27NO2/c1-4-17(3,18-8-10-20-11-9-18)16(19)13-15-7-5-6-14(2)12-15/h5-7,12,16,19H,4,8-11,13H2,1-3H3. The molecule has 3 nitrogen and oxygen atoms in total. The summed E-state index contributed by atoms with van der Waals surface area (Å²) >= 11 is 0. The third kappa shape index (κ3) is 3.40. The van der Waals surface area contributed by atoms with Crippen LogP contribution in [0.2, 0.25) is 0 Å². The lowest BCUT2D eigenvalue weighted by atomic mass is 9.85. The smallest absolute Gasteiger partial charge is 0.0761 e. The number of hydrogen-bond acceptors (Lipinski definition) is 3. The number of hydrogen-bond donors (Lipinski definition) is 1. The van der Waals surface area contributed by atoms with Gasteiger partial charge in [0.2, 0.25) is 0 Å². The molecule has 1 saturated heterocycles. The summed E-state index contributed by atoms with van der Waals surface area (Å²) in [5.74, 6) is 0. The van der Waals surface area contributed by atoms with Crippen LogP contribution in [0.5, 0.6) is 0 Å². The summed E-state index contributed by atoms with van der Waals surface area (Å²) in [6, 6.07) is 8.43. The largest absolute Gasteiger partial charge is 0.391 e. The van der Waals surface area contributed by atoms with E-state index in [-0.39, 0.29) is 11.6 Å². The zero-order valence-corrected chi connectivity index (χ0v) is 12.9. The lowest BCUT2D eigenvalue weighted by Crippen LogP contribution is -2.58. The first-order valence-corrected chi connectivity index (χ1v) is 7.62. The molecule has 1 fully saturated rings. The minimum atomic E-state index is -0.354. The number of aliphatic hydroxyl groups is 1. The number of ether oxygens (including phenoxy) is 1. The summed E-state index contributed by atoms with van der Waals surface area (Å²) < 4.78 is 5.43. The summed E-state index contributed by atoms with van der Waals surface area (Å²) in [5, 5.41) is 10.8. The Hall–Kier alpha value is -0.900. The molecule has 2 rings (SSSR count). The molecule has 1 N–H and O–H groups in total. The lowest BCUT2D eigenvalue weighted by Gasteiger charge is -2.46. The van der Waals surface area contributed by atoms with Crippen LogP contribution in [0.3, 0.4) is 0 Å². The molecule has 20 heavy (non-hydrogen) atoms. The van der Waals surface area contributed by atoms with E-state index in [4.69, 9.17) is 4.74 Å². The summed E-state index contributed by atoms with van der Waals surface area (Å²) in [5.41, 5.74) is 2.29. The fourth-order valence-corrected chi connectivity index (χ4v) is 3.03. The third-order valence-corrected chi connectivity index (χ3v) is 4.68. The van der Waals surface area contributed by atoms with Crippen molar-refractivity contribution in [2.24, 2.45) is 0 Å². The average molecular weight is 277 g/mol. The van der Waals surface area contributed by atoms with E-state index in [0.717, 1.165) is 32.7 Å². The van der Waals surface area contributed by atoms with Gasteiger partial charge in [-0.2, -0.15) is 0 Å². The second-order valence-corrected chi connectivity index (χ2v) is 6.02. The molecule has 112 valence electrons. The van der Waals surface area contributed by atoms with Crippen molar-refractivity contribution in [3.05, 3.63) is 35.4 Å². The fourth-order valence-electron chi connectivity index (χ4n) is 3.03. The van der Waals surface area contributed by atoms with Crippen LogP contribution in [-0.2, 0) is 11.2 Å². The van der Waals surface area contributed by atoms with E-state index in [1.54, 1.807) is 0 Å². The zero-order chi connectivity index (χ0) is 14.6. The van der Waals surface area contributed by atoms with Crippen LogP contribution in [0.25, 0.3) is 0 Å². The van der Waals surface area contributed by atoms with Crippen molar-refractivity contribution in [3.63, 3.8) is 0 Å². The molecule has 0 bridgehead atoms. The fraction of sp³-hybridized carbons (Fsp3) is 0.647. The van der Waals surface area contributed by atoms with Gasteiger partial charge in [0.15, 0.2) is 0 Å². The predicted molar refractivity (Wildman–Crippen MR) is 82.0 cm³/mol. The van der Waals surface area contributed by atoms with Gasteiger partial charge in [-0.05, 0) is 25.8 Å². The number of aryl methyl sites for hydroxylation is 1. The van der Waals surface area contributed by atoms with Crippen LogP contribution in [0.15, 0.2) is 24.3 Å². The van der Waals surface area contributed by atoms with E-state index in [0.29, 0.717) is 6.42 Å². The zero-order valence-electron chi connectivity index (χ0n) is 12.9. The van der Waals surface area contributed by atoms with Gasteiger partial charge in [-0.15, -0.1) is 0 Å². The molecule has 0 saturated carbocycles. The molecule has 1 aromatic carbocycles. The molecule has 1 heterocycles. The van der Waals surface area contributed by atoms with E-state index in [1.165, 1.54) is 11.1 Å². The number of nitrogens with zero attached hydrogens (tertiary/aromatic N) is 1. The number of aliphatic hydroxyl groups excluding tert-OH is 1. The first kappa shape index (κ1) is 15.5. The van der Waals surface area contributed by atoms with E-state index < -0.39 is 0 Å². The van der Waals surface area contributed by atoms with Gasteiger partial charge in [-0.3, -0.25) is 4.90 Å². The lowest BCUT2D eigenvalue weighted by molar-refractivity contribution is -0.0714. The first-order chi connectivity index (χ1) is 9.56. The molecular formula is C17H27NO2. The molecule has 0 aromatic heterocycles. The molecule has 1 aromatic rings. The maximum atomic E-state index is 10.8. The van der Waals surface area contributed by atoms with Crippen LogP contribution >= 0.6 is 0 Å². The van der Waals surface area contributed by atoms with Crippen LogP contribution < -0.4 is 0 Å². The van der Waals surface area contributed by atoms with Gasteiger partial charge < -0.3 is 9.84 Å². The summed E-state index contributed by atoms with van der Waals surface area (Å²) in [6.07, 6.45) is 1.30. The van der Waals surface area contributed by atoms with Gasteiger partial charge in [0.05, 0.1) is 19.3 Å². The second kappa shape index (κ2) is 6.70. The Bertz CT molecular complexity index is 429. The molecular weight excluding hydrogens is 250 g/mol. The van der Waals surface area contributed by atoms with Crippen molar-refractivity contribution in [3.8, 4) is 0 Å². The van der Waals surface area contributed by atoms with Gasteiger partial charge in [-0.1, -0.05) is 36.8 Å². The highest BCUT2D eigenvalue weighted by Crippen LogP contribution is 2.27. The molecule has 1 aliphatic rings. The van der Waals surface area contributed by atoms with Crippen LogP contribution in [0.4, 0.5) is 0 Å². The van der Waals surface area contributed by atoms with E-state index in [9.17, 15) is 5.11 Å². The van der Waals surface area contributed by atoms with Gasteiger partial charge in [0.25, 0.3) is 0 Å². The molecule has 2 unspecified atom stereocenters.